The van der Waals surface area contributed by atoms with E-state index in [1.165, 1.54) is 57.8 Å². The largest absolute Gasteiger partial charge is 0.550 e. The number of quaternary nitrogens is 1. The fourth-order valence-corrected chi connectivity index (χ4v) is 5.73. The predicted octanol–water partition coefficient (Wildman–Crippen LogP) is 6.84. The van der Waals surface area contributed by atoms with Crippen molar-refractivity contribution in [1.29, 1.82) is 0 Å². The van der Waals surface area contributed by atoms with Crippen molar-refractivity contribution in [2.45, 2.75) is 137 Å². The molecule has 40 heavy (non-hydrogen) atoms. The number of aliphatic carboxylic acids is 3. The van der Waals surface area contributed by atoms with Crippen LogP contribution in [0.25, 0.3) is 0 Å². The Bertz CT molecular complexity index is 647. The van der Waals surface area contributed by atoms with Gasteiger partial charge in [-0.3, -0.25) is 9.59 Å². The summed E-state index contributed by atoms with van der Waals surface area (Å²) in [5.41, 5.74) is 0. The third-order valence-electron chi connectivity index (χ3n) is 8.48. The Hall–Kier alpha value is -1.89. The highest BCUT2D eigenvalue weighted by molar-refractivity contribution is 5.70. The molecule has 234 valence electrons. The highest BCUT2D eigenvalue weighted by Gasteiger charge is 2.39. The van der Waals surface area contributed by atoms with E-state index in [0.717, 1.165) is 32.1 Å². The number of hydrogen-bond acceptors (Lipinski definition) is 4. The van der Waals surface area contributed by atoms with Gasteiger partial charge in [-0.1, -0.05) is 91.2 Å². The van der Waals surface area contributed by atoms with E-state index in [1.807, 2.05) is 13.8 Å². The minimum Gasteiger partial charge on any atom is -0.550 e. The highest BCUT2D eigenvalue weighted by atomic mass is 16.4. The van der Waals surface area contributed by atoms with Crippen LogP contribution in [0.5, 0.6) is 0 Å². The number of unbranched alkanes of at least 4 members (excludes halogenated alkanes) is 12. The van der Waals surface area contributed by atoms with Crippen LogP contribution in [0.1, 0.15) is 137 Å². The van der Waals surface area contributed by atoms with Gasteiger partial charge < -0.3 is 24.6 Å². The average molecular weight is 568 g/mol. The van der Waals surface area contributed by atoms with Gasteiger partial charge in [0, 0.05) is 5.92 Å². The Morgan fingerprint density at radius 1 is 0.600 bits per heavy atom. The minimum absolute atomic E-state index is 0.205. The van der Waals surface area contributed by atoms with Crippen molar-refractivity contribution in [2.75, 3.05) is 26.2 Å². The number of carboxylic acids is 3. The Labute approximate surface area is 245 Å². The zero-order valence-electron chi connectivity index (χ0n) is 26.2. The van der Waals surface area contributed by atoms with Crippen LogP contribution in [0, 0.1) is 17.8 Å². The fraction of sp³-hybridized carbons (Fsp3) is 0.848. The molecule has 0 rings (SSSR count). The van der Waals surface area contributed by atoms with Gasteiger partial charge in [-0.2, -0.15) is 0 Å². The van der Waals surface area contributed by atoms with Crippen molar-refractivity contribution in [3.63, 3.8) is 0 Å². The van der Waals surface area contributed by atoms with Crippen LogP contribution in [-0.4, -0.2) is 58.8 Å². The van der Waals surface area contributed by atoms with Gasteiger partial charge in [-0.25, -0.2) is 0 Å². The molecule has 0 aromatic rings. The molecule has 0 bridgehead atoms. The molecule has 0 aromatic carbocycles. The first kappa shape index (κ1) is 38.1. The van der Waals surface area contributed by atoms with Gasteiger partial charge in [0.1, 0.15) is 11.8 Å². The van der Waals surface area contributed by atoms with Gasteiger partial charge in [0.25, 0.3) is 0 Å². The zero-order valence-corrected chi connectivity index (χ0v) is 26.2. The van der Waals surface area contributed by atoms with Crippen LogP contribution in [0.2, 0.25) is 0 Å². The molecule has 0 aliphatic heterocycles. The molecule has 7 heteroatoms. The van der Waals surface area contributed by atoms with E-state index in [4.69, 9.17) is 0 Å². The summed E-state index contributed by atoms with van der Waals surface area (Å²) in [6.07, 6.45) is 22.6. The van der Waals surface area contributed by atoms with Crippen LogP contribution in [0.15, 0.2) is 12.2 Å². The molecule has 0 amide bonds. The summed E-state index contributed by atoms with van der Waals surface area (Å²) in [6, 6.07) is 0. The summed E-state index contributed by atoms with van der Waals surface area (Å²) in [5.74, 6) is -4.99. The normalized spacial score (nSPS) is 15.5. The molecule has 0 fully saturated rings. The number of hydrogen-bond donors (Lipinski definition) is 2. The molecule has 2 N–H and O–H groups in total. The van der Waals surface area contributed by atoms with E-state index in [1.54, 1.807) is 6.92 Å². The standard InChI is InChI=1S/C33H61NO6/c1-5-9-10-11-12-13-14-15-16-17-18-19-20-21-22-23-24-34(25-28(6-2)31(35)36,26-29(7-3)32(37)38)27-30(8-4)33(39)40/h18-19,28-30H,5-17,20-27H2,1-4H3,(H2-,35,36,37,38,39,40)/b19-18+. The first-order valence-corrected chi connectivity index (χ1v) is 16.3. The second-order valence-electron chi connectivity index (χ2n) is 11.9. The Kier molecular flexibility index (Phi) is 22.7. The summed E-state index contributed by atoms with van der Waals surface area (Å²) in [6.45, 7) is 8.97. The average Bonchev–Trinajstić information content (AvgIpc) is 2.92. The molecule has 0 saturated carbocycles. The molecule has 3 atom stereocenters. The lowest BCUT2D eigenvalue weighted by atomic mass is 9.95. The van der Waals surface area contributed by atoms with Gasteiger partial charge in [-0.05, 0) is 57.8 Å². The first-order chi connectivity index (χ1) is 19.2. The SMILES string of the molecule is CCCCCCCCCCC/C=C/CCCCC[N+](CC(CC)C(=O)[O-])(CC(CC)C(=O)O)CC(CC)C(=O)O. The van der Waals surface area contributed by atoms with E-state index >= 15 is 0 Å². The maximum Gasteiger partial charge on any atom is 0.312 e. The minimum atomic E-state index is -1.14. The fourth-order valence-electron chi connectivity index (χ4n) is 5.73. The summed E-state index contributed by atoms with van der Waals surface area (Å²) >= 11 is 0. The number of carbonyl (C=O) groups is 3. The molecular weight excluding hydrogens is 506 g/mol. The maximum atomic E-state index is 11.9. The van der Waals surface area contributed by atoms with Crippen molar-refractivity contribution >= 4 is 17.9 Å². The van der Waals surface area contributed by atoms with Gasteiger partial charge in [0.15, 0.2) is 0 Å². The quantitative estimate of drug-likeness (QED) is 0.0608. The molecule has 0 aromatic heterocycles. The molecule has 0 radical (unpaired) electrons. The lowest BCUT2D eigenvalue weighted by Gasteiger charge is -2.44. The molecule has 0 heterocycles. The third-order valence-corrected chi connectivity index (χ3v) is 8.48. The maximum absolute atomic E-state index is 11.9. The van der Waals surface area contributed by atoms with Crippen molar-refractivity contribution in [1.82, 2.24) is 0 Å². The third kappa shape index (κ3) is 17.7. The number of nitrogens with zero attached hydrogens (tertiary/aromatic N) is 1. The zero-order chi connectivity index (χ0) is 30.2. The highest BCUT2D eigenvalue weighted by Crippen LogP contribution is 2.25. The van der Waals surface area contributed by atoms with Crippen LogP contribution in [0.3, 0.4) is 0 Å². The van der Waals surface area contributed by atoms with E-state index < -0.39 is 35.7 Å². The predicted molar refractivity (Wildman–Crippen MR) is 161 cm³/mol. The molecule has 0 aliphatic carbocycles. The molecular formula is C33H61NO6. The summed E-state index contributed by atoms with van der Waals surface area (Å²) in [5, 5.41) is 31.4. The van der Waals surface area contributed by atoms with Gasteiger partial charge in [0.05, 0.1) is 32.1 Å². The first-order valence-electron chi connectivity index (χ1n) is 16.3. The monoisotopic (exact) mass is 567 g/mol. The molecule has 0 spiro atoms. The van der Waals surface area contributed by atoms with Crippen LogP contribution in [-0.2, 0) is 14.4 Å². The molecule has 3 unspecified atom stereocenters. The van der Waals surface area contributed by atoms with Crippen LogP contribution in [0.4, 0.5) is 0 Å². The van der Waals surface area contributed by atoms with Crippen molar-refractivity contribution in [2.24, 2.45) is 17.8 Å². The lowest BCUT2D eigenvalue weighted by molar-refractivity contribution is -0.935. The Morgan fingerprint density at radius 3 is 1.35 bits per heavy atom. The van der Waals surface area contributed by atoms with E-state index in [2.05, 4.69) is 19.1 Å². The van der Waals surface area contributed by atoms with Crippen LogP contribution >= 0.6 is 0 Å². The summed E-state index contributed by atoms with van der Waals surface area (Å²) in [4.78, 5) is 35.7. The number of allylic oxidation sites excluding steroid dienone is 2. The Morgan fingerprint density at radius 2 is 0.975 bits per heavy atom. The van der Waals surface area contributed by atoms with Crippen molar-refractivity contribution in [3.8, 4) is 0 Å². The molecule has 7 nitrogen and oxygen atoms in total. The van der Waals surface area contributed by atoms with E-state index in [-0.39, 0.29) is 24.1 Å². The summed E-state index contributed by atoms with van der Waals surface area (Å²) < 4.78 is 0.205. The number of carbonyl (C=O) groups excluding carboxylic acids is 1. The smallest absolute Gasteiger partial charge is 0.312 e. The van der Waals surface area contributed by atoms with Gasteiger partial charge >= 0.3 is 11.9 Å². The topological polar surface area (TPSA) is 115 Å². The van der Waals surface area contributed by atoms with E-state index in [9.17, 15) is 29.7 Å². The lowest BCUT2D eigenvalue weighted by Crippen LogP contribution is -2.59. The molecule has 0 aliphatic rings. The van der Waals surface area contributed by atoms with Gasteiger partial charge in [0.2, 0.25) is 0 Å². The van der Waals surface area contributed by atoms with Crippen molar-refractivity contribution < 1.29 is 34.2 Å². The number of rotatable bonds is 28. The number of carboxylic acid groups (broad SMARTS) is 3. The Balaban J connectivity index is 4.93. The van der Waals surface area contributed by atoms with Crippen LogP contribution < -0.4 is 5.11 Å². The van der Waals surface area contributed by atoms with Gasteiger partial charge in [-0.15, -0.1) is 0 Å². The second-order valence-corrected chi connectivity index (χ2v) is 11.9. The second kappa shape index (κ2) is 23.8. The van der Waals surface area contributed by atoms with E-state index in [0.29, 0.717) is 25.8 Å². The molecule has 0 saturated heterocycles. The summed E-state index contributed by atoms with van der Waals surface area (Å²) in [7, 11) is 0. The van der Waals surface area contributed by atoms with Crippen molar-refractivity contribution in [3.05, 3.63) is 12.2 Å².